The van der Waals surface area contributed by atoms with Crippen LogP contribution in [0.15, 0.2) is 18.3 Å². The molecule has 2 nitrogen and oxygen atoms in total. The Morgan fingerprint density at radius 2 is 2.14 bits per heavy atom. The summed E-state index contributed by atoms with van der Waals surface area (Å²) in [5, 5.41) is 0. The molecule has 0 fully saturated rings. The second-order valence-electron chi connectivity index (χ2n) is 3.65. The predicted molar refractivity (Wildman–Crippen MR) is 63.7 cm³/mol. The number of aryl methyl sites for hydroxylation is 1. The van der Waals surface area contributed by atoms with Gasteiger partial charge in [0.2, 0.25) is 0 Å². The smallest absolute Gasteiger partial charge is 0.0449 e. The Kier molecular flexibility index (Phi) is 6.67. The number of halogens is 1. The van der Waals surface area contributed by atoms with Crippen molar-refractivity contribution in [2.75, 3.05) is 0 Å². The Balaban J connectivity index is 0.00000169. The lowest BCUT2D eigenvalue weighted by Crippen LogP contribution is -2.13. The highest BCUT2D eigenvalue weighted by Gasteiger charge is 2.07. The molecule has 0 spiro atoms. The molecule has 82 valence electrons. The molecule has 1 rings (SSSR count). The van der Waals surface area contributed by atoms with Gasteiger partial charge < -0.3 is 10.3 Å². The van der Waals surface area contributed by atoms with Gasteiger partial charge in [0.25, 0.3) is 0 Å². The van der Waals surface area contributed by atoms with Crippen molar-refractivity contribution < 1.29 is 0 Å². The number of aromatic nitrogens is 1. The molecule has 1 aromatic rings. The predicted octanol–water partition coefficient (Wildman–Crippen LogP) is 3.03. The molecule has 0 radical (unpaired) electrons. The number of hydrogen-bond acceptors (Lipinski definition) is 1. The second-order valence-corrected chi connectivity index (χ2v) is 3.65. The Morgan fingerprint density at radius 1 is 1.43 bits per heavy atom. The SMILES string of the molecule is CCCCC[C@H](N)c1cccn1C.Cl. The number of nitrogens with two attached hydrogens (primary N) is 1. The van der Waals surface area contributed by atoms with E-state index in [0.29, 0.717) is 0 Å². The molecule has 3 heteroatoms. The third-order valence-corrected chi connectivity index (χ3v) is 2.48. The molecule has 0 saturated heterocycles. The fourth-order valence-electron chi connectivity index (χ4n) is 1.62. The first kappa shape index (κ1) is 13.5. The second kappa shape index (κ2) is 6.91. The molecule has 0 bridgehead atoms. The van der Waals surface area contributed by atoms with E-state index in [1.165, 1.54) is 25.0 Å². The van der Waals surface area contributed by atoms with Gasteiger partial charge in [-0.3, -0.25) is 0 Å². The van der Waals surface area contributed by atoms with Crippen LogP contribution in [0.4, 0.5) is 0 Å². The summed E-state index contributed by atoms with van der Waals surface area (Å²) >= 11 is 0. The van der Waals surface area contributed by atoms with Gasteiger partial charge in [-0.2, -0.15) is 0 Å². The minimum absolute atomic E-state index is 0. The normalized spacial score (nSPS) is 12.2. The van der Waals surface area contributed by atoms with E-state index >= 15 is 0 Å². The average molecular weight is 217 g/mol. The molecule has 1 heterocycles. The van der Waals surface area contributed by atoms with Gasteiger partial charge in [-0.25, -0.2) is 0 Å². The minimum atomic E-state index is 0. The van der Waals surface area contributed by atoms with Gasteiger partial charge in [0.05, 0.1) is 0 Å². The molecule has 0 aliphatic heterocycles. The van der Waals surface area contributed by atoms with Crippen LogP contribution in [-0.4, -0.2) is 4.57 Å². The van der Waals surface area contributed by atoms with E-state index < -0.39 is 0 Å². The van der Waals surface area contributed by atoms with Crippen LogP contribution in [0.1, 0.15) is 44.3 Å². The molecule has 0 saturated carbocycles. The van der Waals surface area contributed by atoms with Crippen molar-refractivity contribution in [2.24, 2.45) is 12.8 Å². The summed E-state index contributed by atoms with van der Waals surface area (Å²) in [7, 11) is 2.05. The van der Waals surface area contributed by atoms with E-state index in [1.807, 2.05) is 0 Å². The highest BCUT2D eigenvalue weighted by atomic mass is 35.5. The van der Waals surface area contributed by atoms with E-state index in [2.05, 4.69) is 36.9 Å². The molecule has 1 atom stereocenters. The molecule has 0 unspecified atom stereocenters. The number of rotatable bonds is 5. The maximum atomic E-state index is 6.06. The van der Waals surface area contributed by atoms with Crippen LogP contribution in [-0.2, 0) is 7.05 Å². The van der Waals surface area contributed by atoms with Crippen molar-refractivity contribution in [1.29, 1.82) is 0 Å². The van der Waals surface area contributed by atoms with Gasteiger partial charge in [0.1, 0.15) is 0 Å². The zero-order valence-corrected chi connectivity index (χ0v) is 9.89. The summed E-state index contributed by atoms with van der Waals surface area (Å²) in [4.78, 5) is 0. The van der Waals surface area contributed by atoms with Gasteiger partial charge in [-0.1, -0.05) is 26.2 Å². The van der Waals surface area contributed by atoms with Gasteiger partial charge in [-0.15, -0.1) is 12.4 Å². The Bertz CT molecular complexity index is 245. The quantitative estimate of drug-likeness (QED) is 0.754. The third-order valence-electron chi connectivity index (χ3n) is 2.48. The number of unbranched alkanes of at least 4 members (excludes halogenated alkanes) is 2. The minimum Gasteiger partial charge on any atom is -0.353 e. The molecular weight excluding hydrogens is 196 g/mol. The summed E-state index contributed by atoms with van der Waals surface area (Å²) in [6, 6.07) is 4.37. The van der Waals surface area contributed by atoms with Crippen LogP contribution >= 0.6 is 12.4 Å². The van der Waals surface area contributed by atoms with Gasteiger partial charge in [0.15, 0.2) is 0 Å². The van der Waals surface area contributed by atoms with E-state index in [0.717, 1.165) is 6.42 Å². The van der Waals surface area contributed by atoms with Crippen molar-refractivity contribution >= 4 is 12.4 Å². The molecule has 0 aliphatic carbocycles. The number of nitrogens with zero attached hydrogens (tertiary/aromatic N) is 1. The Labute approximate surface area is 92.9 Å². The molecule has 14 heavy (non-hydrogen) atoms. The number of hydrogen-bond donors (Lipinski definition) is 1. The lowest BCUT2D eigenvalue weighted by molar-refractivity contribution is 0.556. The van der Waals surface area contributed by atoms with Crippen LogP contribution in [0.3, 0.4) is 0 Å². The van der Waals surface area contributed by atoms with E-state index in [1.54, 1.807) is 0 Å². The third kappa shape index (κ3) is 3.72. The molecule has 0 aliphatic rings. The first-order valence-corrected chi connectivity index (χ1v) is 5.12. The summed E-state index contributed by atoms with van der Waals surface area (Å²) in [5.74, 6) is 0. The summed E-state index contributed by atoms with van der Waals surface area (Å²) in [5.41, 5.74) is 7.31. The molecule has 0 amide bonds. The van der Waals surface area contributed by atoms with Crippen LogP contribution in [0.25, 0.3) is 0 Å². The summed E-state index contributed by atoms with van der Waals surface area (Å²) in [6.45, 7) is 2.22. The van der Waals surface area contributed by atoms with Gasteiger partial charge in [-0.05, 0) is 18.6 Å². The van der Waals surface area contributed by atoms with Gasteiger partial charge >= 0.3 is 0 Å². The fraction of sp³-hybridized carbons (Fsp3) is 0.636. The molecule has 1 aromatic heterocycles. The zero-order chi connectivity index (χ0) is 9.68. The van der Waals surface area contributed by atoms with Crippen LogP contribution in [0.5, 0.6) is 0 Å². The fourth-order valence-corrected chi connectivity index (χ4v) is 1.62. The zero-order valence-electron chi connectivity index (χ0n) is 9.07. The average Bonchev–Trinajstić information content (AvgIpc) is 2.52. The summed E-state index contributed by atoms with van der Waals surface area (Å²) < 4.78 is 2.11. The van der Waals surface area contributed by atoms with Crippen LogP contribution < -0.4 is 5.73 Å². The van der Waals surface area contributed by atoms with Gasteiger partial charge in [0, 0.05) is 25.0 Å². The van der Waals surface area contributed by atoms with Crippen molar-refractivity contribution in [3.05, 3.63) is 24.0 Å². The molecule has 2 N–H and O–H groups in total. The van der Waals surface area contributed by atoms with Crippen molar-refractivity contribution in [2.45, 2.75) is 38.6 Å². The van der Waals surface area contributed by atoms with Crippen LogP contribution in [0, 0.1) is 0 Å². The highest BCUT2D eigenvalue weighted by Crippen LogP contribution is 2.16. The van der Waals surface area contributed by atoms with Crippen molar-refractivity contribution in [3.63, 3.8) is 0 Å². The summed E-state index contributed by atoms with van der Waals surface area (Å²) in [6.07, 6.45) is 6.95. The van der Waals surface area contributed by atoms with Crippen molar-refractivity contribution in [1.82, 2.24) is 4.57 Å². The van der Waals surface area contributed by atoms with E-state index in [4.69, 9.17) is 5.73 Å². The topological polar surface area (TPSA) is 30.9 Å². The van der Waals surface area contributed by atoms with Crippen molar-refractivity contribution in [3.8, 4) is 0 Å². The van der Waals surface area contributed by atoms with E-state index in [-0.39, 0.29) is 18.4 Å². The lowest BCUT2D eigenvalue weighted by Gasteiger charge is -2.12. The lowest BCUT2D eigenvalue weighted by atomic mass is 10.1. The monoisotopic (exact) mass is 216 g/mol. The van der Waals surface area contributed by atoms with Crippen LogP contribution in [0.2, 0.25) is 0 Å². The largest absolute Gasteiger partial charge is 0.353 e. The first-order valence-electron chi connectivity index (χ1n) is 5.12. The Morgan fingerprint density at radius 3 is 2.64 bits per heavy atom. The Hall–Kier alpha value is -0.470. The maximum absolute atomic E-state index is 6.06. The standard InChI is InChI=1S/C11H20N2.ClH/c1-3-4-5-7-10(12)11-8-6-9-13(11)2;/h6,8-10H,3-5,7,12H2,1-2H3;1H/t10-;/m0./s1. The molecular formula is C11H21ClN2. The van der Waals surface area contributed by atoms with E-state index in [9.17, 15) is 0 Å². The maximum Gasteiger partial charge on any atom is 0.0449 e. The highest BCUT2D eigenvalue weighted by molar-refractivity contribution is 5.85. The first-order chi connectivity index (χ1) is 6.25. The molecule has 0 aromatic carbocycles.